The number of phosphoric ester groups is 1. The summed E-state index contributed by atoms with van der Waals surface area (Å²) in [5, 5.41) is 20.5. The van der Waals surface area contributed by atoms with Gasteiger partial charge in [-0.25, -0.2) is 4.79 Å². The SMILES string of the molecule is [Na+].[Na+].[O]c1ccn(C2CC(O)C(COP(=O)([O-])[O-])O2)c(=O)n1. The third-order valence-electron chi connectivity index (χ3n) is 2.72. The maximum atomic E-state index is 11.5. The van der Waals surface area contributed by atoms with E-state index in [9.17, 15) is 29.4 Å². The summed E-state index contributed by atoms with van der Waals surface area (Å²) in [6, 6.07) is 1.05. The van der Waals surface area contributed by atoms with Gasteiger partial charge in [0.2, 0.25) is 0 Å². The Bertz CT molecular complexity index is 593. The summed E-state index contributed by atoms with van der Waals surface area (Å²) in [6.45, 7) is -0.649. The van der Waals surface area contributed by atoms with E-state index in [-0.39, 0.29) is 65.5 Å². The van der Waals surface area contributed by atoms with E-state index >= 15 is 0 Å². The van der Waals surface area contributed by atoms with Crippen LogP contribution in [0.1, 0.15) is 12.6 Å². The number of aromatic nitrogens is 2. The molecule has 2 rings (SSSR count). The van der Waals surface area contributed by atoms with Crippen LogP contribution in [0.5, 0.6) is 5.88 Å². The van der Waals surface area contributed by atoms with E-state index in [1.54, 1.807) is 0 Å². The fourth-order valence-electron chi connectivity index (χ4n) is 1.82. The van der Waals surface area contributed by atoms with E-state index in [1.165, 1.54) is 0 Å². The summed E-state index contributed by atoms with van der Waals surface area (Å²) >= 11 is 0. The Labute approximate surface area is 169 Å². The molecule has 10 nitrogen and oxygen atoms in total. The standard InChI is InChI=1S/C9H12N2O8P.2Na/c12-5-3-8(11-2-1-7(13)10-9(11)14)19-6(5)4-18-20(15,16)17;;/h1-2,5-6,8,12H,3-4H2,(H2,15,16,17);;/q;2*+1/p-2. The fourth-order valence-corrected chi connectivity index (χ4v) is 2.15. The van der Waals surface area contributed by atoms with E-state index in [2.05, 4.69) is 9.51 Å². The van der Waals surface area contributed by atoms with Crippen molar-refractivity contribution in [1.82, 2.24) is 9.55 Å². The second kappa shape index (κ2) is 9.26. The predicted molar refractivity (Wildman–Crippen MR) is 56.7 cm³/mol. The van der Waals surface area contributed by atoms with Gasteiger partial charge in [0.25, 0.3) is 5.88 Å². The molecule has 111 valence electrons. The number of aliphatic hydroxyl groups excluding tert-OH is 1. The van der Waals surface area contributed by atoms with Crippen LogP contribution in [0.25, 0.3) is 0 Å². The summed E-state index contributed by atoms with van der Waals surface area (Å²) in [5.74, 6) is -0.705. The summed E-state index contributed by atoms with van der Waals surface area (Å²) in [7, 11) is -5.17. The predicted octanol–water partition coefficient (Wildman–Crippen LogP) is -8.11. The molecule has 3 atom stereocenters. The number of aliphatic hydroxyl groups is 1. The number of hydrogen-bond acceptors (Lipinski definition) is 8. The second-order valence-corrected chi connectivity index (χ2v) is 5.28. The third-order valence-corrected chi connectivity index (χ3v) is 3.18. The van der Waals surface area contributed by atoms with Crippen LogP contribution in [-0.4, -0.2) is 33.5 Å². The van der Waals surface area contributed by atoms with E-state index in [1.807, 2.05) is 0 Å². The molecule has 0 amide bonds. The molecule has 22 heavy (non-hydrogen) atoms. The van der Waals surface area contributed by atoms with Crippen molar-refractivity contribution in [3.63, 3.8) is 0 Å². The van der Waals surface area contributed by atoms with Gasteiger partial charge in [-0.1, -0.05) is 0 Å². The molecule has 1 fully saturated rings. The molecular formula is C9H10N2Na2O8P. The zero-order chi connectivity index (χ0) is 14.9. The maximum absolute atomic E-state index is 11.5. The van der Waals surface area contributed by atoms with E-state index in [4.69, 9.17) is 4.74 Å². The molecule has 1 saturated heterocycles. The van der Waals surface area contributed by atoms with Crippen LogP contribution < -0.4 is 74.6 Å². The average Bonchev–Trinajstić information content (AvgIpc) is 2.67. The van der Waals surface area contributed by atoms with Gasteiger partial charge in [-0.2, -0.15) is 4.98 Å². The number of hydrogen-bond donors (Lipinski definition) is 1. The molecule has 13 heteroatoms. The number of phosphoric acid groups is 1. The molecule has 1 N–H and O–H groups in total. The molecule has 0 bridgehead atoms. The van der Waals surface area contributed by atoms with E-state index in [0.29, 0.717) is 0 Å². The molecular weight excluding hydrogens is 341 g/mol. The van der Waals surface area contributed by atoms with Gasteiger partial charge in [0.15, 0.2) is 0 Å². The Morgan fingerprint density at radius 1 is 1.50 bits per heavy atom. The molecule has 1 aromatic rings. The monoisotopic (exact) mass is 351 g/mol. The zero-order valence-electron chi connectivity index (χ0n) is 11.9. The molecule has 1 radical (unpaired) electrons. The van der Waals surface area contributed by atoms with Gasteiger partial charge in [0.05, 0.1) is 20.5 Å². The van der Waals surface area contributed by atoms with Gasteiger partial charge in [0, 0.05) is 18.7 Å². The van der Waals surface area contributed by atoms with Crippen molar-refractivity contribution in [2.24, 2.45) is 0 Å². The Kier molecular flexibility index (Phi) is 9.56. The quantitative estimate of drug-likeness (QED) is 0.414. The molecule has 1 aliphatic heterocycles. The van der Waals surface area contributed by atoms with Crippen LogP contribution in [0.15, 0.2) is 17.1 Å². The van der Waals surface area contributed by atoms with Crippen LogP contribution in [0.3, 0.4) is 0 Å². The van der Waals surface area contributed by atoms with E-state index < -0.39 is 44.4 Å². The van der Waals surface area contributed by atoms with Crippen molar-refractivity contribution < 1.29 is 92.9 Å². The van der Waals surface area contributed by atoms with Crippen LogP contribution in [-0.2, 0) is 18.9 Å². The van der Waals surface area contributed by atoms with Crippen molar-refractivity contribution in [3.8, 4) is 5.88 Å². The Morgan fingerprint density at radius 2 is 2.14 bits per heavy atom. The van der Waals surface area contributed by atoms with Crippen LogP contribution in [0.4, 0.5) is 0 Å². The average molecular weight is 351 g/mol. The van der Waals surface area contributed by atoms with Crippen molar-refractivity contribution in [3.05, 3.63) is 22.7 Å². The largest absolute Gasteiger partial charge is 1.00 e. The first-order valence-corrected chi connectivity index (χ1v) is 6.98. The Balaban J connectivity index is 0.00000220. The van der Waals surface area contributed by atoms with Gasteiger partial charge < -0.3 is 28.7 Å². The smallest absolute Gasteiger partial charge is 0.790 e. The first-order chi connectivity index (χ1) is 9.26. The number of nitrogens with zero attached hydrogens (tertiary/aromatic N) is 2. The van der Waals surface area contributed by atoms with Crippen molar-refractivity contribution >= 4 is 7.82 Å². The van der Waals surface area contributed by atoms with Crippen molar-refractivity contribution in [1.29, 1.82) is 0 Å². The molecule has 0 aromatic carbocycles. The topological polar surface area (TPSA) is 157 Å². The molecule has 1 aromatic heterocycles. The number of ether oxygens (including phenoxy) is 1. The van der Waals surface area contributed by atoms with Crippen molar-refractivity contribution in [2.45, 2.75) is 24.9 Å². The second-order valence-electron chi connectivity index (χ2n) is 4.13. The first kappa shape index (κ1) is 22.7. The summed E-state index contributed by atoms with van der Waals surface area (Å²) in [5.41, 5.74) is -0.852. The zero-order valence-corrected chi connectivity index (χ0v) is 16.8. The summed E-state index contributed by atoms with van der Waals surface area (Å²) in [4.78, 5) is 35.3. The molecule has 0 saturated carbocycles. The van der Waals surface area contributed by atoms with Crippen LogP contribution in [0.2, 0.25) is 0 Å². The van der Waals surface area contributed by atoms with Gasteiger partial charge in [0.1, 0.15) is 12.3 Å². The van der Waals surface area contributed by atoms with E-state index in [0.717, 1.165) is 16.8 Å². The normalized spacial score (nSPS) is 24.4. The molecule has 3 unspecified atom stereocenters. The maximum Gasteiger partial charge on any atom is 1.00 e. The molecule has 1 aliphatic rings. The first-order valence-electron chi connectivity index (χ1n) is 5.52. The van der Waals surface area contributed by atoms with Gasteiger partial charge in [-0.15, -0.1) is 0 Å². The van der Waals surface area contributed by atoms with Gasteiger partial charge in [-0.3, -0.25) is 9.67 Å². The fraction of sp³-hybridized carbons (Fsp3) is 0.556. The van der Waals surface area contributed by atoms with Crippen LogP contribution in [0, 0.1) is 0 Å². The third kappa shape index (κ3) is 6.31. The molecule has 0 spiro atoms. The molecule has 2 heterocycles. The molecule has 0 aliphatic carbocycles. The van der Waals surface area contributed by atoms with Crippen LogP contribution >= 0.6 is 7.82 Å². The summed E-state index contributed by atoms with van der Waals surface area (Å²) < 4.78 is 20.6. The van der Waals surface area contributed by atoms with Gasteiger partial charge >= 0.3 is 64.8 Å². The number of rotatable bonds is 4. The Hall–Kier alpha value is 0.710. The van der Waals surface area contributed by atoms with Crippen molar-refractivity contribution in [2.75, 3.05) is 6.61 Å². The minimum Gasteiger partial charge on any atom is -0.790 e. The minimum absolute atomic E-state index is 0. The summed E-state index contributed by atoms with van der Waals surface area (Å²) in [6.07, 6.45) is -1.99. The van der Waals surface area contributed by atoms with Gasteiger partial charge in [-0.05, 0) is 0 Å². The Morgan fingerprint density at radius 3 is 2.68 bits per heavy atom. The minimum atomic E-state index is -5.17.